The molecular formula is C21H23Cl3N4O2. The molecule has 160 valence electrons. The van der Waals surface area contributed by atoms with E-state index in [1.54, 1.807) is 18.3 Å². The topological polar surface area (TPSA) is 58.4 Å². The Balaban J connectivity index is 1.36. The van der Waals surface area contributed by atoms with Gasteiger partial charge >= 0.3 is 6.03 Å². The Bertz CT molecular complexity index is 983. The summed E-state index contributed by atoms with van der Waals surface area (Å²) in [5.41, 5.74) is 1.46. The molecule has 0 saturated carbocycles. The molecule has 0 N–H and O–H groups in total. The monoisotopic (exact) mass is 468 g/mol. The van der Waals surface area contributed by atoms with Gasteiger partial charge in [0.05, 0.1) is 10.0 Å². The van der Waals surface area contributed by atoms with Crippen molar-refractivity contribution in [2.24, 2.45) is 5.41 Å². The van der Waals surface area contributed by atoms with E-state index in [9.17, 15) is 9.59 Å². The number of carbonyl (C=O) groups excluding carboxylic acids is 2. The molecule has 2 aliphatic heterocycles. The smallest absolute Gasteiger partial charge is 0.323 e. The molecule has 30 heavy (non-hydrogen) atoms. The van der Waals surface area contributed by atoms with Crippen LogP contribution in [-0.4, -0.2) is 57.6 Å². The fourth-order valence-corrected chi connectivity index (χ4v) is 5.18. The number of rotatable bonds is 3. The predicted octanol–water partition coefficient (Wildman–Crippen LogP) is 5.00. The van der Waals surface area contributed by atoms with E-state index in [-0.39, 0.29) is 17.2 Å². The number of amides is 1. The van der Waals surface area contributed by atoms with Crippen molar-refractivity contribution >= 4 is 46.6 Å². The zero-order valence-electron chi connectivity index (χ0n) is 16.7. The lowest BCUT2D eigenvalue weighted by Crippen LogP contribution is -2.45. The third-order valence-corrected chi connectivity index (χ3v) is 7.28. The van der Waals surface area contributed by atoms with Gasteiger partial charge in [-0.15, -0.1) is 0 Å². The number of piperidine rings is 1. The van der Waals surface area contributed by atoms with Crippen LogP contribution in [-0.2, 0) is 6.54 Å². The molecule has 1 aromatic carbocycles. The first kappa shape index (κ1) is 21.6. The van der Waals surface area contributed by atoms with Crippen LogP contribution in [0.5, 0.6) is 0 Å². The van der Waals surface area contributed by atoms with Gasteiger partial charge in [0.2, 0.25) is 0 Å². The Hall–Kier alpha value is -1.60. The largest absolute Gasteiger partial charge is 0.344 e. The number of benzene rings is 1. The maximum atomic E-state index is 12.7. The lowest BCUT2D eigenvalue weighted by atomic mass is 9.78. The molecule has 1 aromatic heterocycles. The fourth-order valence-electron chi connectivity index (χ4n) is 4.47. The molecule has 0 atom stereocenters. The molecule has 4 rings (SSSR count). The van der Waals surface area contributed by atoms with Crippen LogP contribution in [0, 0.1) is 5.41 Å². The number of carbonyl (C=O) groups is 2. The quantitative estimate of drug-likeness (QED) is 0.469. The molecule has 2 saturated heterocycles. The Kier molecular flexibility index (Phi) is 6.13. The molecule has 2 fully saturated rings. The van der Waals surface area contributed by atoms with Crippen molar-refractivity contribution in [1.82, 2.24) is 19.6 Å². The average molecular weight is 470 g/mol. The van der Waals surface area contributed by atoms with Crippen molar-refractivity contribution in [3.8, 4) is 0 Å². The van der Waals surface area contributed by atoms with Crippen LogP contribution in [0.4, 0.5) is 4.79 Å². The average Bonchev–Trinajstić information content (AvgIpc) is 3.34. The van der Waals surface area contributed by atoms with Crippen LogP contribution >= 0.6 is 34.8 Å². The SMILES string of the molecule is CC(=O)c1ccn(C(=O)N2CCC3(CCN(Cc4cc(Cl)cc(Cl)c4Cl)C3)CC2)n1. The van der Waals surface area contributed by atoms with E-state index in [0.29, 0.717) is 40.4 Å². The number of ketones is 1. The molecule has 0 bridgehead atoms. The van der Waals surface area contributed by atoms with Crippen LogP contribution in [0.2, 0.25) is 15.1 Å². The van der Waals surface area contributed by atoms with Gasteiger partial charge in [-0.25, -0.2) is 4.79 Å². The number of halogens is 3. The second kappa shape index (κ2) is 8.50. The summed E-state index contributed by atoms with van der Waals surface area (Å²) in [4.78, 5) is 28.3. The van der Waals surface area contributed by atoms with Gasteiger partial charge in [0, 0.05) is 44.3 Å². The van der Waals surface area contributed by atoms with Crippen LogP contribution in [0.15, 0.2) is 24.4 Å². The van der Waals surface area contributed by atoms with Crippen molar-refractivity contribution in [3.05, 3.63) is 50.7 Å². The number of Topliss-reactive ketones (excluding diaryl/α,β-unsaturated/α-hetero) is 1. The highest BCUT2D eigenvalue weighted by Crippen LogP contribution is 2.41. The molecule has 1 spiro atoms. The first-order chi connectivity index (χ1) is 14.3. The van der Waals surface area contributed by atoms with E-state index >= 15 is 0 Å². The summed E-state index contributed by atoms with van der Waals surface area (Å²) in [5, 5.41) is 5.72. The van der Waals surface area contributed by atoms with Crippen molar-refractivity contribution in [2.45, 2.75) is 32.7 Å². The van der Waals surface area contributed by atoms with Gasteiger partial charge in [-0.05, 0) is 55.0 Å². The molecule has 1 amide bonds. The fraction of sp³-hybridized carbons (Fsp3) is 0.476. The minimum atomic E-state index is -0.174. The Labute approximate surface area is 190 Å². The second-order valence-electron chi connectivity index (χ2n) is 8.29. The van der Waals surface area contributed by atoms with E-state index in [1.807, 2.05) is 11.0 Å². The van der Waals surface area contributed by atoms with Gasteiger partial charge in [0.25, 0.3) is 0 Å². The minimum absolute atomic E-state index is 0.147. The molecular weight excluding hydrogens is 447 g/mol. The van der Waals surface area contributed by atoms with E-state index in [4.69, 9.17) is 34.8 Å². The number of hydrogen-bond donors (Lipinski definition) is 0. The van der Waals surface area contributed by atoms with Crippen LogP contribution < -0.4 is 0 Å². The van der Waals surface area contributed by atoms with Crippen molar-refractivity contribution < 1.29 is 9.59 Å². The maximum absolute atomic E-state index is 12.7. The standard InChI is InChI=1S/C21H23Cl3N4O2/c1-14(29)18-2-6-28(25-18)20(30)27-8-4-21(5-9-27)3-7-26(13-21)12-15-10-16(22)11-17(23)19(15)24/h2,6,10-11H,3-5,7-9,12-13H2,1H3. The zero-order chi connectivity index (χ0) is 21.5. The van der Waals surface area contributed by atoms with Crippen molar-refractivity contribution in [1.29, 1.82) is 0 Å². The van der Waals surface area contributed by atoms with E-state index < -0.39 is 0 Å². The van der Waals surface area contributed by atoms with Crippen LogP contribution in [0.1, 0.15) is 42.2 Å². The highest BCUT2D eigenvalue weighted by atomic mass is 35.5. The summed E-state index contributed by atoms with van der Waals surface area (Å²) in [6.45, 7) is 5.47. The van der Waals surface area contributed by atoms with Gasteiger partial charge < -0.3 is 4.90 Å². The van der Waals surface area contributed by atoms with Gasteiger partial charge in [-0.1, -0.05) is 34.8 Å². The van der Waals surface area contributed by atoms with Gasteiger partial charge in [-0.3, -0.25) is 9.69 Å². The number of hydrogen-bond acceptors (Lipinski definition) is 4. The third-order valence-electron chi connectivity index (χ3n) is 6.22. The van der Waals surface area contributed by atoms with Crippen molar-refractivity contribution in [2.75, 3.05) is 26.2 Å². The van der Waals surface area contributed by atoms with E-state index in [2.05, 4.69) is 10.00 Å². The second-order valence-corrected chi connectivity index (χ2v) is 9.51. The molecule has 2 aliphatic rings. The Morgan fingerprint density at radius 1 is 1.10 bits per heavy atom. The normalized spacial score (nSPS) is 18.9. The van der Waals surface area contributed by atoms with Crippen molar-refractivity contribution in [3.63, 3.8) is 0 Å². The number of likely N-dealkylation sites (tertiary alicyclic amines) is 2. The zero-order valence-corrected chi connectivity index (χ0v) is 19.0. The maximum Gasteiger partial charge on any atom is 0.344 e. The van der Waals surface area contributed by atoms with Crippen LogP contribution in [0.25, 0.3) is 0 Å². The number of aromatic nitrogens is 2. The Morgan fingerprint density at radius 3 is 2.47 bits per heavy atom. The molecule has 9 heteroatoms. The Morgan fingerprint density at radius 2 is 1.80 bits per heavy atom. The summed E-state index contributed by atoms with van der Waals surface area (Å²) >= 11 is 18.7. The van der Waals surface area contributed by atoms with Gasteiger partial charge in [0.15, 0.2) is 5.78 Å². The lowest BCUT2D eigenvalue weighted by Gasteiger charge is -2.39. The molecule has 6 nitrogen and oxygen atoms in total. The van der Waals surface area contributed by atoms with Gasteiger partial charge in [-0.2, -0.15) is 9.78 Å². The number of nitrogens with zero attached hydrogens (tertiary/aromatic N) is 4. The van der Waals surface area contributed by atoms with E-state index in [1.165, 1.54) is 11.6 Å². The summed E-state index contributed by atoms with van der Waals surface area (Å²) in [5.74, 6) is -0.147. The van der Waals surface area contributed by atoms with Gasteiger partial charge in [0.1, 0.15) is 5.69 Å². The summed E-state index contributed by atoms with van der Waals surface area (Å²) in [7, 11) is 0. The predicted molar refractivity (Wildman–Crippen MR) is 118 cm³/mol. The molecule has 0 unspecified atom stereocenters. The summed E-state index contributed by atoms with van der Waals surface area (Å²) in [6.07, 6.45) is 4.54. The highest BCUT2D eigenvalue weighted by Gasteiger charge is 2.41. The first-order valence-electron chi connectivity index (χ1n) is 9.98. The molecule has 0 radical (unpaired) electrons. The molecule has 0 aliphatic carbocycles. The molecule has 3 heterocycles. The third kappa shape index (κ3) is 4.37. The van der Waals surface area contributed by atoms with E-state index in [0.717, 1.165) is 37.9 Å². The van der Waals surface area contributed by atoms with Crippen LogP contribution in [0.3, 0.4) is 0 Å². The summed E-state index contributed by atoms with van der Waals surface area (Å²) < 4.78 is 1.26. The highest BCUT2D eigenvalue weighted by molar-refractivity contribution is 6.43. The molecule has 2 aromatic rings. The summed E-state index contributed by atoms with van der Waals surface area (Å²) in [6, 6.07) is 4.94. The minimum Gasteiger partial charge on any atom is -0.323 e. The first-order valence-corrected chi connectivity index (χ1v) is 11.1. The lowest BCUT2D eigenvalue weighted by molar-refractivity contribution is 0.101.